The van der Waals surface area contributed by atoms with E-state index in [1.165, 1.54) is 19.6 Å². The molecule has 132 valence electrons. The maximum absolute atomic E-state index is 11.7. The van der Waals surface area contributed by atoms with E-state index < -0.39 is 0 Å². The summed E-state index contributed by atoms with van der Waals surface area (Å²) in [5.74, 6) is 1.43. The molecule has 0 radical (unpaired) electrons. The first-order valence-electron chi connectivity index (χ1n) is 8.50. The lowest BCUT2D eigenvalue weighted by atomic mass is 9.75. The molecule has 0 aromatic heterocycles. The van der Waals surface area contributed by atoms with Gasteiger partial charge in [0.2, 0.25) is 0 Å². The van der Waals surface area contributed by atoms with Crippen LogP contribution in [0.1, 0.15) is 30.9 Å². The lowest BCUT2D eigenvalue weighted by molar-refractivity contribution is -0.386. The summed E-state index contributed by atoms with van der Waals surface area (Å²) in [6, 6.07) is 3.38. The fourth-order valence-corrected chi connectivity index (χ4v) is 3.74. The van der Waals surface area contributed by atoms with Gasteiger partial charge in [-0.2, -0.15) is 0 Å². The van der Waals surface area contributed by atoms with E-state index in [2.05, 4.69) is 10.2 Å². The van der Waals surface area contributed by atoms with E-state index in [1.54, 1.807) is 7.11 Å². The van der Waals surface area contributed by atoms with Gasteiger partial charge in [-0.3, -0.25) is 15.0 Å². The van der Waals surface area contributed by atoms with Gasteiger partial charge in [0.25, 0.3) is 5.69 Å². The second kappa shape index (κ2) is 7.36. The molecule has 1 atom stereocenters. The summed E-state index contributed by atoms with van der Waals surface area (Å²) in [5.41, 5.74) is 0.882. The molecule has 7 heteroatoms. The Morgan fingerprint density at radius 3 is 2.33 bits per heavy atom. The Bertz CT molecular complexity index is 598. The summed E-state index contributed by atoms with van der Waals surface area (Å²) < 4.78 is 10.7. The maximum atomic E-state index is 11.7. The molecule has 1 aliphatic heterocycles. The number of nitrogens with zero attached hydrogens (tertiary/aromatic N) is 2. The van der Waals surface area contributed by atoms with E-state index in [-0.39, 0.29) is 16.7 Å². The highest BCUT2D eigenvalue weighted by Gasteiger charge is 2.38. The van der Waals surface area contributed by atoms with E-state index in [0.717, 1.165) is 44.6 Å². The number of methoxy groups -OCH3 is 2. The predicted molar refractivity (Wildman–Crippen MR) is 90.7 cm³/mol. The average molecular weight is 335 g/mol. The number of rotatable bonds is 6. The normalized spacial score (nSPS) is 20.2. The minimum absolute atomic E-state index is 0.0704. The Morgan fingerprint density at radius 2 is 1.83 bits per heavy atom. The molecule has 0 spiro atoms. The van der Waals surface area contributed by atoms with Crippen molar-refractivity contribution in [3.8, 4) is 11.5 Å². The monoisotopic (exact) mass is 335 g/mol. The van der Waals surface area contributed by atoms with Gasteiger partial charge in [-0.15, -0.1) is 0 Å². The summed E-state index contributed by atoms with van der Waals surface area (Å²) in [6.45, 7) is 3.66. The molecule has 1 aliphatic carbocycles. The molecular weight excluding hydrogens is 310 g/mol. The van der Waals surface area contributed by atoms with Gasteiger partial charge in [-0.05, 0) is 24.8 Å². The van der Waals surface area contributed by atoms with Gasteiger partial charge in [-0.25, -0.2) is 0 Å². The molecule has 1 saturated heterocycles. The minimum Gasteiger partial charge on any atom is -0.493 e. The molecule has 1 aromatic rings. The third kappa shape index (κ3) is 3.18. The van der Waals surface area contributed by atoms with E-state index in [0.29, 0.717) is 17.4 Å². The van der Waals surface area contributed by atoms with Crippen LogP contribution in [0, 0.1) is 16.0 Å². The van der Waals surface area contributed by atoms with Crippen LogP contribution >= 0.6 is 0 Å². The number of piperazine rings is 1. The van der Waals surface area contributed by atoms with E-state index in [9.17, 15) is 10.1 Å². The molecule has 1 heterocycles. The maximum Gasteiger partial charge on any atom is 0.278 e. The summed E-state index contributed by atoms with van der Waals surface area (Å²) in [5, 5.41) is 15.0. The third-order valence-corrected chi connectivity index (χ3v) is 5.19. The van der Waals surface area contributed by atoms with Gasteiger partial charge >= 0.3 is 0 Å². The largest absolute Gasteiger partial charge is 0.493 e. The Balaban J connectivity index is 2.06. The molecule has 2 fully saturated rings. The Hall–Kier alpha value is -1.86. The lowest BCUT2D eigenvalue weighted by Gasteiger charge is -2.43. The average Bonchev–Trinajstić information content (AvgIpc) is 2.57. The first-order chi connectivity index (χ1) is 11.7. The molecule has 0 amide bonds. The lowest BCUT2D eigenvalue weighted by Crippen LogP contribution is -2.48. The molecule has 2 aliphatic rings. The molecule has 0 unspecified atom stereocenters. The van der Waals surface area contributed by atoms with Crippen LogP contribution in [-0.2, 0) is 0 Å². The number of nitro benzene ring substituents is 1. The van der Waals surface area contributed by atoms with Gasteiger partial charge in [0.15, 0.2) is 11.5 Å². The van der Waals surface area contributed by atoms with Crippen LogP contribution in [0.5, 0.6) is 11.5 Å². The first kappa shape index (κ1) is 17.0. The smallest absolute Gasteiger partial charge is 0.278 e. The van der Waals surface area contributed by atoms with E-state index >= 15 is 0 Å². The summed E-state index contributed by atoms with van der Waals surface area (Å²) in [4.78, 5) is 13.8. The molecule has 3 rings (SSSR count). The Morgan fingerprint density at radius 1 is 1.21 bits per heavy atom. The SMILES string of the molecule is COc1cc([C@H](C2CCC2)N2CCNCC2)c([N+](=O)[O-])cc1OC. The van der Waals surface area contributed by atoms with Crippen LogP contribution in [0.3, 0.4) is 0 Å². The number of hydrogen-bond acceptors (Lipinski definition) is 6. The van der Waals surface area contributed by atoms with Crippen molar-refractivity contribution in [3.63, 3.8) is 0 Å². The van der Waals surface area contributed by atoms with Crippen LogP contribution in [0.4, 0.5) is 5.69 Å². The number of ether oxygens (including phenoxy) is 2. The topological polar surface area (TPSA) is 76.9 Å². The van der Waals surface area contributed by atoms with Gasteiger partial charge in [-0.1, -0.05) is 6.42 Å². The van der Waals surface area contributed by atoms with Crippen molar-refractivity contribution in [1.29, 1.82) is 0 Å². The molecule has 1 aromatic carbocycles. The van der Waals surface area contributed by atoms with Crippen LogP contribution in [0.25, 0.3) is 0 Å². The first-order valence-corrected chi connectivity index (χ1v) is 8.50. The zero-order valence-corrected chi connectivity index (χ0v) is 14.3. The fraction of sp³-hybridized carbons (Fsp3) is 0.647. The van der Waals surface area contributed by atoms with Crippen molar-refractivity contribution in [2.24, 2.45) is 5.92 Å². The second-order valence-electron chi connectivity index (χ2n) is 6.44. The predicted octanol–water partition coefficient (Wildman–Crippen LogP) is 2.36. The summed E-state index contributed by atoms with van der Waals surface area (Å²) in [7, 11) is 3.07. The third-order valence-electron chi connectivity index (χ3n) is 5.19. The van der Waals surface area contributed by atoms with Crippen molar-refractivity contribution in [2.75, 3.05) is 40.4 Å². The van der Waals surface area contributed by atoms with Crippen molar-refractivity contribution >= 4 is 5.69 Å². The van der Waals surface area contributed by atoms with Gasteiger partial charge in [0, 0.05) is 32.2 Å². The zero-order valence-electron chi connectivity index (χ0n) is 14.3. The number of hydrogen-bond donors (Lipinski definition) is 1. The highest BCUT2D eigenvalue weighted by atomic mass is 16.6. The van der Waals surface area contributed by atoms with Crippen molar-refractivity contribution in [1.82, 2.24) is 10.2 Å². The molecule has 0 bridgehead atoms. The highest BCUT2D eigenvalue weighted by molar-refractivity contribution is 5.55. The standard InChI is InChI=1S/C17H25N3O4/c1-23-15-10-13(14(20(21)22)11-16(15)24-2)17(12-4-3-5-12)19-8-6-18-7-9-19/h10-12,17-18H,3-9H2,1-2H3/t17-/m0/s1. The second-order valence-corrected chi connectivity index (χ2v) is 6.44. The van der Waals surface area contributed by atoms with Crippen LogP contribution in [-0.4, -0.2) is 50.2 Å². The fourth-order valence-electron chi connectivity index (χ4n) is 3.74. The van der Waals surface area contributed by atoms with Crippen molar-refractivity contribution in [3.05, 3.63) is 27.8 Å². The summed E-state index contributed by atoms with van der Waals surface area (Å²) in [6.07, 6.45) is 3.45. The Labute approximate surface area is 142 Å². The molecular formula is C17H25N3O4. The summed E-state index contributed by atoms with van der Waals surface area (Å²) >= 11 is 0. The van der Waals surface area contributed by atoms with Gasteiger partial charge in [0.05, 0.1) is 30.8 Å². The Kier molecular flexibility index (Phi) is 5.20. The number of nitro groups is 1. The number of nitrogens with one attached hydrogen (secondary N) is 1. The molecule has 1 N–H and O–H groups in total. The van der Waals surface area contributed by atoms with Crippen molar-refractivity contribution in [2.45, 2.75) is 25.3 Å². The van der Waals surface area contributed by atoms with E-state index in [4.69, 9.17) is 9.47 Å². The quantitative estimate of drug-likeness (QED) is 0.635. The highest BCUT2D eigenvalue weighted by Crippen LogP contribution is 2.47. The van der Waals surface area contributed by atoms with Crippen LogP contribution in [0.2, 0.25) is 0 Å². The molecule has 1 saturated carbocycles. The van der Waals surface area contributed by atoms with Crippen LogP contribution in [0.15, 0.2) is 12.1 Å². The van der Waals surface area contributed by atoms with Gasteiger partial charge < -0.3 is 14.8 Å². The minimum atomic E-state index is -0.300. The van der Waals surface area contributed by atoms with Crippen molar-refractivity contribution < 1.29 is 14.4 Å². The number of benzene rings is 1. The van der Waals surface area contributed by atoms with E-state index in [1.807, 2.05) is 6.07 Å². The molecule has 7 nitrogen and oxygen atoms in total. The van der Waals surface area contributed by atoms with Gasteiger partial charge in [0.1, 0.15) is 0 Å². The molecule has 24 heavy (non-hydrogen) atoms. The van der Waals surface area contributed by atoms with Crippen LogP contribution < -0.4 is 14.8 Å². The zero-order chi connectivity index (χ0) is 17.1.